The summed E-state index contributed by atoms with van der Waals surface area (Å²) in [4.78, 5) is 10.8. The van der Waals surface area contributed by atoms with Crippen LogP contribution in [0.4, 0.5) is 18.9 Å². The lowest BCUT2D eigenvalue weighted by atomic mass is 10.2. The van der Waals surface area contributed by atoms with Crippen molar-refractivity contribution in [1.29, 1.82) is 0 Å². The van der Waals surface area contributed by atoms with Crippen LogP contribution in [0.25, 0.3) is 0 Å². The van der Waals surface area contributed by atoms with Gasteiger partial charge in [0.1, 0.15) is 12.4 Å². The van der Waals surface area contributed by atoms with Crippen LogP contribution < -0.4 is 10.1 Å². The van der Waals surface area contributed by atoms with Crippen LogP contribution in [0.15, 0.2) is 54.6 Å². The first-order chi connectivity index (χ1) is 9.95. The van der Waals surface area contributed by atoms with E-state index >= 15 is 0 Å². The van der Waals surface area contributed by atoms with Gasteiger partial charge in [0.25, 0.3) is 0 Å². The summed E-state index contributed by atoms with van der Waals surface area (Å²) in [7, 11) is 0. The van der Waals surface area contributed by atoms with E-state index in [4.69, 9.17) is 4.74 Å². The van der Waals surface area contributed by atoms with Gasteiger partial charge < -0.3 is 10.1 Å². The maximum atomic E-state index is 12.2. The number of carbonyl (C=O) groups excluding carboxylic acids is 1. The number of anilines is 1. The Hall–Kier alpha value is -2.50. The van der Waals surface area contributed by atoms with Gasteiger partial charge in [0.2, 0.25) is 0 Å². The van der Waals surface area contributed by atoms with Crippen molar-refractivity contribution in [1.82, 2.24) is 0 Å². The average Bonchev–Trinajstić information content (AvgIpc) is 2.46. The van der Waals surface area contributed by atoms with Gasteiger partial charge >= 0.3 is 12.1 Å². The van der Waals surface area contributed by atoms with Gasteiger partial charge in [0.15, 0.2) is 0 Å². The maximum absolute atomic E-state index is 12.2. The largest absolute Gasteiger partial charge is 0.489 e. The van der Waals surface area contributed by atoms with E-state index in [2.05, 4.69) is 0 Å². The van der Waals surface area contributed by atoms with Crippen LogP contribution in [0.3, 0.4) is 0 Å². The molecule has 0 saturated heterocycles. The highest BCUT2D eigenvalue weighted by molar-refractivity contribution is 5.95. The van der Waals surface area contributed by atoms with E-state index in [1.165, 1.54) is 18.2 Å². The van der Waals surface area contributed by atoms with E-state index in [9.17, 15) is 18.0 Å². The number of alkyl halides is 3. The number of carbonyl (C=O) groups is 1. The molecule has 0 atom stereocenters. The number of halogens is 3. The average molecular weight is 295 g/mol. The molecule has 2 aromatic carbocycles. The fourth-order valence-electron chi connectivity index (χ4n) is 1.61. The lowest BCUT2D eigenvalue weighted by Gasteiger charge is -2.10. The Kier molecular flexibility index (Phi) is 4.47. The van der Waals surface area contributed by atoms with Crippen LogP contribution in [-0.4, -0.2) is 12.1 Å². The molecule has 0 aliphatic heterocycles. The Morgan fingerprint density at radius 2 is 1.76 bits per heavy atom. The molecule has 0 fully saturated rings. The van der Waals surface area contributed by atoms with Crippen LogP contribution in [0.2, 0.25) is 0 Å². The van der Waals surface area contributed by atoms with Crippen LogP contribution in [0, 0.1) is 0 Å². The van der Waals surface area contributed by atoms with Crippen molar-refractivity contribution >= 4 is 11.6 Å². The summed E-state index contributed by atoms with van der Waals surface area (Å²) in [6.45, 7) is 0.289. The lowest BCUT2D eigenvalue weighted by molar-refractivity contribution is -0.167. The van der Waals surface area contributed by atoms with E-state index < -0.39 is 12.1 Å². The first-order valence-electron chi connectivity index (χ1n) is 6.10. The molecule has 6 heteroatoms. The summed E-state index contributed by atoms with van der Waals surface area (Å²) in [5.41, 5.74) is 0.963. The minimum Gasteiger partial charge on any atom is -0.489 e. The number of amides is 1. The Bertz CT molecular complexity index is 612. The smallest absolute Gasteiger partial charge is 0.471 e. The summed E-state index contributed by atoms with van der Waals surface area (Å²) in [5.74, 6) is -1.64. The highest BCUT2D eigenvalue weighted by Crippen LogP contribution is 2.22. The molecule has 110 valence electrons. The first kappa shape index (κ1) is 14.9. The molecule has 0 heterocycles. The molecule has 21 heavy (non-hydrogen) atoms. The zero-order valence-electron chi connectivity index (χ0n) is 10.9. The molecule has 3 nitrogen and oxygen atoms in total. The molecular weight excluding hydrogens is 283 g/mol. The minimum atomic E-state index is -4.92. The van der Waals surface area contributed by atoms with E-state index in [0.29, 0.717) is 5.75 Å². The highest BCUT2D eigenvalue weighted by Gasteiger charge is 2.38. The highest BCUT2D eigenvalue weighted by atomic mass is 19.4. The second-order valence-electron chi connectivity index (χ2n) is 4.25. The normalized spacial score (nSPS) is 11.0. The van der Waals surface area contributed by atoms with Gasteiger partial charge in [-0.15, -0.1) is 0 Å². The van der Waals surface area contributed by atoms with Crippen LogP contribution in [0.1, 0.15) is 5.56 Å². The topological polar surface area (TPSA) is 38.3 Å². The third-order valence-corrected chi connectivity index (χ3v) is 2.60. The van der Waals surface area contributed by atoms with Crippen LogP contribution in [-0.2, 0) is 11.4 Å². The number of hydrogen-bond donors (Lipinski definition) is 1. The van der Waals surface area contributed by atoms with E-state index in [-0.39, 0.29) is 12.3 Å². The first-order valence-corrected chi connectivity index (χ1v) is 6.10. The monoisotopic (exact) mass is 295 g/mol. The quantitative estimate of drug-likeness (QED) is 0.932. The van der Waals surface area contributed by atoms with Crippen LogP contribution in [0.5, 0.6) is 5.75 Å². The number of nitrogens with one attached hydrogen (secondary N) is 1. The van der Waals surface area contributed by atoms with Crippen molar-refractivity contribution in [2.45, 2.75) is 12.8 Å². The van der Waals surface area contributed by atoms with Gasteiger partial charge in [-0.3, -0.25) is 4.79 Å². The fourth-order valence-corrected chi connectivity index (χ4v) is 1.61. The molecule has 0 bridgehead atoms. The molecule has 0 unspecified atom stereocenters. The molecule has 0 spiro atoms. The Balaban J connectivity index is 1.99. The molecule has 1 amide bonds. The van der Waals surface area contributed by atoms with Gasteiger partial charge in [-0.25, -0.2) is 0 Å². The van der Waals surface area contributed by atoms with Gasteiger partial charge in [-0.1, -0.05) is 36.4 Å². The standard InChI is InChI=1S/C15H12F3NO2/c16-15(17,18)14(20)19-12-7-4-8-13(9-12)21-10-11-5-2-1-3-6-11/h1-9H,10H2,(H,19,20). The Morgan fingerprint density at radius 1 is 1.05 bits per heavy atom. The molecule has 0 aliphatic carbocycles. The summed E-state index contributed by atoms with van der Waals surface area (Å²) >= 11 is 0. The van der Waals surface area contributed by atoms with Crippen molar-refractivity contribution in [3.05, 3.63) is 60.2 Å². The predicted molar refractivity (Wildman–Crippen MR) is 71.9 cm³/mol. The summed E-state index contributed by atoms with van der Waals surface area (Å²) in [6.07, 6.45) is -4.92. The van der Waals surface area contributed by atoms with Crippen molar-refractivity contribution in [3.8, 4) is 5.75 Å². The Labute approximate surface area is 119 Å². The number of benzene rings is 2. The zero-order valence-corrected chi connectivity index (χ0v) is 10.9. The molecular formula is C15H12F3NO2. The maximum Gasteiger partial charge on any atom is 0.471 e. The number of rotatable bonds is 4. The van der Waals surface area contributed by atoms with Gasteiger partial charge in [0, 0.05) is 11.8 Å². The fraction of sp³-hybridized carbons (Fsp3) is 0.133. The van der Waals surface area contributed by atoms with Gasteiger partial charge in [-0.2, -0.15) is 13.2 Å². The van der Waals surface area contributed by atoms with E-state index in [1.807, 2.05) is 30.3 Å². The molecule has 2 aromatic rings. The minimum absolute atomic E-state index is 0.0305. The molecule has 2 rings (SSSR count). The summed E-state index contributed by atoms with van der Waals surface area (Å²) in [5, 5.41) is 1.78. The SMILES string of the molecule is O=C(Nc1cccc(OCc2ccccc2)c1)C(F)(F)F. The third-order valence-electron chi connectivity index (χ3n) is 2.60. The van der Waals surface area contributed by atoms with Crippen LogP contribution >= 0.6 is 0 Å². The second kappa shape index (κ2) is 6.30. The molecule has 0 aromatic heterocycles. The third kappa shape index (κ3) is 4.52. The van der Waals surface area contributed by atoms with Gasteiger partial charge in [0.05, 0.1) is 0 Å². The van der Waals surface area contributed by atoms with Crippen molar-refractivity contribution in [3.63, 3.8) is 0 Å². The lowest BCUT2D eigenvalue weighted by Crippen LogP contribution is -2.29. The summed E-state index contributed by atoms with van der Waals surface area (Å²) in [6, 6.07) is 15.1. The van der Waals surface area contributed by atoms with Crippen molar-refractivity contribution in [2.75, 3.05) is 5.32 Å². The molecule has 1 N–H and O–H groups in total. The number of ether oxygens (including phenoxy) is 1. The summed E-state index contributed by atoms with van der Waals surface area (Å²) < 4.78 is 42.0. The molecule has 0 saturated carbocycles. The predicted octanol–water partition coefficient (Wildman–Crippen LogP) is 3.77. The van der Waals surface area contributed by atoms with Gasteiger partial charge in [-0.05, 0) is 17.7 Å². The van der Waals surface area contributed by atoms with Crippen molar-refractivity contribution < 1.29 is 22.7 Å². The zero-order chi connectivity index (χ0) is 15.3. The van der Waals surface area contributed by atoms with E-state index in [1.54, 1.807) is 11.4 Å². The molecule has 0 radical (unpaired) electrons. The number of hydrogen-bond acceptors (Lipinski definition) is 2. The Morgan fingerprint density at radius 3 is 2.43 bits per heavy atom. The van der Waals surface area contributed by atoms with E-state index in [0.717, 1.165) is 5.56 Å². The molecule has 0 aliphatic rings. The second-order valence-corrected chi connectivity index (χ2v) is 4.25. The van der Waals surface area contributed by atoms with Crippen molar-refractivity contribution in [2.24, 2.45) is 0 Å².